The first-order valence-corrected chi connectivity index (χ1v) is 8.57. The molecule has 20 heavy (non-hydrogen) atoms. The Hall–Kier alpha value is -1.11. The molecule has 0 unspecified atom stereocenters. The molecule has 114 valence electrons. The van der Waals surface area contributed by atoms with Crippen LogP contribution in [0.3, 0.4) is 0 Å². The molecule has 0 bridgehead atoms. The Morgan fingerprint density at radius 1 is 1.15 bits per heavy atom. The predicted molar refractivity (Wildman–Crippen MR) is 81.1 cm³/mol. The van der Waals surface area contributed by atoms with E-state index < -0.39 is 9.84 Å². The largest absolute Gasteiger partial charge is 0.492 e. The number of hydrogen-bond acceptors (Lipinski definition) is 5. The second-order valence-electron chi connectivity index (χ2n) is 5.00. The highest BCUT2D eigenvalue weighted by molar-refractivity contribution is 7.90. The van der Waals surface area contributed by atoms with Gasteiger partial charge in [-0.3, -0.25) is 0 Å². The van der Waals surface area contributed by atoms with Crippen LogP contribution in [0.1, 0.15) is 6.42 Å². The average molecular weight is 300 g/mol. The number of benzene rings is 1. The van der Waals surface area contributed by atoms with Crippen molar-refractivity contribution in [2.24, 2.45) is 0 Å². The van der Waals surface area contributed by atoms with Gasteiger partial charge in [0, 0.05) is 12.8 Å². The summed E-state index contributed by atoms with van der Waals surface area (Å²) in [7, 11) is 0.984. The van der Waals surface area contributed by atoms with Crippen molar-refractivity contribution >= 4 is 9.84 Å². The lowest BCUT2D eigenvalue weighted by atomic mass is 10.3. The van der Waals surface area contributed by atoms with Gasteiger partial charge in [0.15, 0.2) is 9.84 Å². The molecule has 5 nitrogen and oxygen atoms in total. The van der Waals surface area contributed by atoms with E-state index in [1.54, 1.807) is 24.3 Å². The van der Waals surface area contributed by atoms with Gasteiger partial charge in [-0.15, -0.1) is 0 Å². The van der Waals surface area contributed by atoms with Crippen LogP contribution in [0, 0.1) is 0 Å². The highest BCUT2D eigenvalue weighted by Crippen LogP contribution is 2.15. The number of hydrogen-bond donors (Lipinski definition) is 1. The Bertz CT molecular complexity index is 484. The molecule has 0 radical (unpaired) electrons. The minimum absolute atomic E-state index is 0.312. The maximum Gasteiger partial charge on any atom is 0.175 e. The smallest absolute Gasteiger partial charge is 0.175 e. The summed E-state index contributed by atoms with van der Waals surface area (Å²) in [5.41, 5.74) is 0. The summed E-state index contributed by atoms with van der Waals surface area (Å²) >= 11 is 0. The van der Waals surface area contributed by atoms with Crippen molar-refractivity contribution in [3.63, 3.8) is 0 Å². The molecular formula is C14H24N2O3S. The van der Waals surface area contributed by atoms with E-state index in [9.17, 15) is 8.42 Å². The first-order chi connectivity index (χ1) is 9.39. The van der Waals surface area contributed by atoms with Crippen molar-refractivity contribution in [3.05, 3.63) is 24.3 Å². The standard InChI is InChI=1S/C14H24N2O3S/c1-16(2)11-4-9-15-10-12-19-13-5-7-14(8-6-13)20(3,17)18/h5-8,15H,4,9-12H2,1-3H3. The van der Waals surface area contributed by atoms with Gasteiger partial charge in [-0.2, -0.15) is 0 Å². The predicted octanol–water partition coefficient (Wildman–Crippen LogP) is 1.01. The van der Waals surface area contributed by atoms with Gasteiger partial charge in [0.2, 0.25) is 0 Å². The lowest BCUT2D eigenvalue weighted by Crippen LogP contribution is -2.25. The highest BCUT2D eigenvalue weighted by atomic mass is 32.2. The van der Waals surface area contributed by atoms with Gasteiger partial charge in [-0.25, -0.2) is 8.42 Å². The summed E-state index contributed by atoms with van der Waals surface area (Å²) in [6.07, 6.45) is 2.30. The SMILES string of the molecule is CN(C)CCCNCCOc1ccc(S(C)(=O)=O)cc1. The van der Waals surface area contributed by atoms with Crippen molar-refractivity contribution in [2.45, 2.75) is 11.3 Å². The molecule has 0 heterocycles. The lowest BCUT2D eigenvalue weighted by Gasteiger charge is -2.10. The lowest BCUT2D eigenvalue weighted by molar-refractivity contribution is 0.311. The molecule has 0 atom stereocenters. The molecule has 0 saturated carbocycles. The number of ether oxygens (including phenoxy) is 1. The van der Waals surface area contributed by atoms with Crippen LogP contribution in [0.5, 0.6) is 5.75 Å². The van der Waals surface area contributed by atoms with Gasteiger partial charge in [-0.1, -0.05) is 0 Å². The third-order valence-corrected chi connectivity index (χ3v) is 3.89. The zero-order valence-electron chi connectivity index (χ0n) is 12.4. The highest BCUT2D eigenvalue weighted by Gasteiger charge is 2.06. The summed E-state index contributed by atoms with van der Waals surface area (Å²) in [6, 6.07) is 6.50. The first kappa shape index (κ1) is 16.9. The van der Waals surface area contributed by atoms with Crippen molar-refractivity contribution < 1.29 is 13.2 Å². The second kappa shape index (κ2) is 8.24. The van der Waals surface area contributed by atoms with Crippen LogP contribution in [0.4, 0.5) is 0 Å². The Morgan fingerprint density at radius 2 is 1.80 bits per heavy atom. The Morgan fingerprint density at radius 3 is 2.35 bits per heavy atom. The van der Waals surface area contributed by atoms with Crippen LogP contribution in [-0.4, -0.2) is 59.9 Å². The minimum atomic E-state index is -3.13. The molecule has 0 aromatic heterocycles. The van der Waals surface area contributed by atoms with Crippen LogP contribution in [0.15, 0.2) is 29.2 Å². The molecule has 0 spiro atoms. The third-order valence-electron chi connectivity index (χ3n) is 2.76. The van der Waals surface area contributed by atoms with E-state index in [1.165, 1.54) is 6.26 Å². The normalized spacial score (nSPS) is 11.8. The summed E-state index contributed by atoms with van der Waals surface area (Å²) in [4.78, 5) is 2.47. The van der Waals surface area contributed by atoms with Crippen LogP contribution >= 0.6 is 0 Å². The molecule has 1 N–H and O–H groups in total. The summed E-state index contributed by atoms with van der Waals surface area (Å²) in [6.45, 7) is 3.39. The van der Waals surface area contributed by atoms with Crippen molar-refractivity contribution in [3.8, 4) is 5.75 Å². The van der Waals surface area contributed by atoms with E-state index in [-0.39, 0.29) is 0 Å². The van der Waals surface area contributed by atoms with Crippen molar-refractivity contribution in [1.82, 2.24) is 10.2 Å². The summed E-state index contributed by atoms with van der Waals surface area (Å²) < 4.78 is 28.1. The average Bonchev–Trinajstić information content (AvgIpc) is 2.37. The van der Waals surface area contributed by atoms with Crippen LogP contribution in [-0.2, 0) is 9.84 Å². The monoisotopic (exact) mass is 300 g/mol. The number of sulfone groups is 1. The summed E-state index contributed by atoms with van der Waals surface area (Å²) in [5.74, 6) is 0.687. The van der Waals surface area contributed by atoms with Gasteiger partial charge in [-0.05, 0) is 57.9 Å². The van der Waals surface area contributed by atoms with E-state index in [2.05, 4.69) is 24.3 Å². The zero-order valence-corrected chi connectivity index (χ0v) is 13.2. The molecule has 1 rings (SSSR count). The molecule has 6 heteroatoms. The van der Waals surface area contributed by atoms with E-state index in [0.29, 0.717) is 17.3 Å². The summed E-state index contributed by atoms with van der Waals surface area (Å²) in [5, 5.41) is 3.30. The topological polar surface area (TPSA) is 58.6 Å². The quantitative estimate of drug-likeness (QED) is 0.690. The molecule has 0 amide bonds. The number of nitrogens with zero attached hydrogens (tertiary/aromatic N) is 1. The molecule has 0 aliphatic carbocycles. The van der Waals surface area contributed by atoms with Gasteiger partial charge in [0.1, 0.15) is 12.4 Å². The second-order valence-corrected chi connectivity index (χ2v) is 7.01. The van der Waals surface area contributed by atoms with Gasteiger partial charge in [0.05, 0.1) is 4.90 Å². The van der Waals surface area contributed by atoms with Gasteiger partial charge < -0.3 is 15.0 Å². The van der Waals surface area contributed by atoms with Crippen molar-refractivity contribution in [2.75, 3.05) is 46.6 Å². The van der Waals surface area contributed by atoms with E-state index >= 15 is 0 Å². The van der Waals surface area contributed by atoms with Crippen LogP contribution < -0.4 is 10.1 Å². The van der Waals surface area contributed by atoms with Gasteiger partial charge in [0.25, 0.3) is 0 Å². The van der Waals surface area contributed by atoms with Gasteiger partial charge >= 0.3 is 0 Å². The Labute approximate surface area is 121 Å². The van der Waals surface area contributed by atoms with E-state index in [1.807, 2.05) is 0 Å². The van der Waals surface area contributed by atoms with E-state index in [0.717, 1.165) is 26.1 Å². The van der Waals surface area contributed by atoms with Crippen LogP contribution in [0.25, 0.3) is 0 Å². The maximum absolute atomic E-state index is 11.3. The van der Waals surface area contributed by atoms with Crippen LogP contribution in [0.2, 0.25) is 0 Å². The van der Waals surface area contributed by atoms with E-state index in [4.69, 9.17) is 4.74 Å². The van der Waals surface area contributed by atoms with Crippen molar-refractivity contribution in [1.29, 1.82) is 0 Å². The molecule has 1 aromatic carbocycles. The minimum Gasteiger partial charge on any atom is -0.492 e. The fourth-order valence-corrected chi connectivity index (χ4v) is 2.30. The number of rotatable bonds is 9. The first-order valence-electron chi connectivity index (χ1n) is 6.68. The fraction of sp³-hybridized carbons (Fsp3) is 0.571. The Kier molecular flexibility index (Phi) is 6.98. The molecule has 0 fully saturated rings. The molecule has 1 aromatic rings. The zero-order chi connectivity index (χ0) is 15.0. The Balaban J connectivity index is 2.20. The molecule has 0 aliphatic heterocycles. The molecular weight excluding hydrogens is 276 g/mol. The maximum atomic E-state index is 11.3. The fourth-order valence-electron chi connectivity index (χ4n) is 1.67. The molecule has 0 aliphatic rings. The number of nitrogens with one attached hydrogen (secondary N) is 1. The molecule has 0 saturated heterocycles. The third kappa shape index (κ3) is 6.88.